The van der Waals surface area contributed by atoms with Gasteiger partial charge in [-0.15, -0.1) is 0 Å². The molecule has 0 atom stereocenters. The predicted molar refractivity (Wildman–Crippen MR) is 188 cm³/mol. The maximum atomic E-state index is 13.2. The summed E-state index contributed by atoms with van der Waals surface area (Å²) in [6.07, 6.45) is 6.01. The SMILES string of the molecule is O=C(Nc1cccc(C(=O)Nc2cc(S(=O)(=O)O)cc3c2C(=O)C=CC3)c1)Nc1cccc(C(=O)Nc2cc(S(=O)(=O)O)cc3c2C(=O)C=CC3)c1. The third kappa shape index (κ3) is 7.72. The number of hydrogen-bond donors (Lipinski definition) is 6. The van der Waals surface area contributed by atoms with Crippen molar-refractivity contribution in [2.75, 3.05) is 21.3 Å². The number of urea groups is 1. The van der Waals surface area contributed by atoms with E-state index in [0.717, 1.165) is 24.3 Å². The molecule has 0 spiro atoms. The number of hydrogen-bond acceptors (Lipinski definition) is 9. The van der Waals surface area contributed by atoms with E-state index in [-0.39, 0.29) is 57.8 Å². The topological polar surface area (TPSA) is 242 Å². The normalized spacial score (nSPS) is 13.5. The molecule has 6 rings (SSSR count). The lowest BCUT2D eigenvalue weighted by Gasteiger charge is -2.17. The van der Waals surface area contributed by atoms with Crippen molar-refractivity contribution in [2.45, 2.75) is 22.6 Å². The molecule has 4 aromatic rings. The molecule has 0 saturated heterocycles. The van der Waals surface area contributed by atoms with Crippen LogP contribution in [0.4, 0.5) is 27.5 Å². The van der Waals surface area contributed by atoms with Crippen LogP contribution in [0, 0.1) is 0 Å². The van der Waals surface area contributed by atoms with Crippen molar-refractivity contribution in [3.8, 4) is 0 Å². The van der Waals surface area contributed by atoms with E-state index in [0.29, 0.717) is 11.1 Å². The summed E-state index contributed by atoms with van der Waals surface area (Å²) in [5.74, 6) is -2.43. The minimum absolute atomic E-state index is 0.0236. The fourth-order valence-electron chi connectivity index (χ4n) is 5.66. The predicted octanol–water partition coefficient (Wildman–Crippen LogP) is 4.92. The fraction of sp³-hybridized carbons (Fsp3) is 0.0571. The van der Waals surface area contributed by atoms with Gasteiger partial charge in [-0.05, 0) is 96.8 Å². The smallest absolute Gasteiger partial charge is 0.321 e. The van der Waals surface area contributed by atoms with Crippen LogP contribution in [0.5, 0.6) is 0 Å². The molecule has 0 saturated carbocycles. The van der Waals surface area contributed by atoms with E-state index in [9.17, 15) is 49.9 Å². The zero-order valence-electron chi connectivity index (χ0n) is 26.5. The molecule has 15 nitrogen and oxygen atoms in total. The largest absolute Gasteiger partial charge is 0.323 e. The van der Waals surface area contributed by atoms with E-state index in [4.69, 9.17) is 0 Å². The van der Waals surface area contributed by atoms with Crippen LogP contribution in [0.15, 0.2) is 107 Å². The Morgan fingerprint density at radius 3 is 1.35 bits per heavy atom. The number of allylic oxidation sites excluding steroid dienone is 4. The minimum atomic E-state index is -4.66. The van der Waals surface area contributed by atoms with Crippen LogP contribution in [-0.4, -0.2) is 55.4 Å². The molecule has 4 aromatic carbocycles. The van der Waals surface area contributed by atoms with Crippen LogP contribution in [0.3, 0.4) is 0 Å². The molecule has 6 N–H and O–H groups in total. The molecule has 0 aliphatic heterocycles. The molecule has 2 aliphatic carbocycles. The molecule has 0 bridgehead atoms. The summed E-state index contributed by atoms with van der Waals surface area (Å²) >= 11 is 0. The first-order chi connectivity index (χ1) is 24.6. The van der Waals surface area contributed by atoms with Crippen LogP contribution < -0.4 is 21.3 Å². The molecule has 0 aromatic heterocycles. The van der Waals surface area contributed by atoms with Gasteiger partial charge in [-0.25, -0.2) is 4.79 Å². The van der Waals surface area contributed by atoms with Gasteiger partial charge in [-0.1, -0.05) is 24.3 Å². The van der Waals surface area contributed by atoms with Gasteiger partial charge in [0.25, 0.3) is 32.1 Å². The molecular weight excluding hydrogens is 717 g/mol. The lowest BCUT2D eigenvalue weighted by Crippen LogP contribution is -2.21. The van der Waals surface area contributed by atoms with E-state index >= 15 is 0 Å². The average molecular weight is 743 g/mol. The Labute approximate surface area is 295 Å². The zero-order chi connectivity index (χ0) is 37.4. The van der Waals surface area contributed by atoms with Crippen LogP contribution >= 0.6 is 0 Å². The molecule has 0 fully saturated rings. The summed E-state index contributed by atoms with van der Waals surface area (Å²) < 4.78 is 66.6. The highest BCUT2D eigenvalue weighted by Gasteiger charge is 2.25. The third-order valence-corrected chi connectivity index (χ3v) is 9.61. The molecule has 0 radical (unpaired) electrons. The first-order valence-corrected chi connectivity index (χ1v) is 18.1. The number of anilines is 4. The third-order valence-electron chi connectivity index (χ3n) is 7.95. The summed E-state index contributed by atoms with van der Waals surface area (Å²) in [4.78, 5) is 63.5. The van der Waals surface area contributed by atoms with Crippen molar-refractivity contribution in [1.29, 1.82) is 0 Å². The van der Waals surface area contributed by atoms with Crippen LogP contribution in [0.25, 0.3) is 0 Å². The monoisotopic (exact) mass is 742 g/mol. The first kappa shape index (κ1) is 35.6. The van der Waals surface area contributed by atoms with Crippen molar-refractivity contribution in [3.63, 3.8) is 0 Å². The summed E-state index contributed by atoms with van der Waals surface area (Å²) in [7, 11) is -9.33. The highest BCUT2D eigenvalue weighted by Crippen LogP contribution is 2.31. The number of carbonyl (C=O) groups excluding carboxylic acids is 5. The van der Waals surface area contributed by atoms with Gasteiger partial charge in [0.2, 0.25) is 0 Å². The summed E-state index contributed by atoms with van der Waals surface area (Å²) in [6.45, 7) is 0. The van der Waals surface area contributed by atoms with E-state index in [1.165, 1.54) is 72.8 Å². The highest BCUT2D eigenvalue weighted by atomic mass is 32.2. The number of ketones is 2. The van der Waals surface area contributed by atoms with E-state index in [1.54, 1.807) is 0 Å². The summed E-state index contributed by atoms with van der Waals surface area (Å²) in [5.41, 5.74) is 0.856. The molecule has 264 valence electrons. The Morgan fingerprint density at radius 2 is 0.962 bits per heavy atom. The molecule has 17 heteroatoms. The van der Waals surface area contributed by atoms with Gasteiger partial charge >= 0.3 is 6.03 Å². The fourth-order valence-corrected chi connectivity index (χ4v) is 6.77. The Kier molecular flexibility index (Phi) is 9.44. The van der Waals surface area contributed by atoms with E-state index in [2.05, 4.69) is 21.3 Å². The number of benzene rings is 4. The molecule has 52 heavy (non-hydrogen) atoms. The van der Waals surface area contributed by atoms with Crippen molar-refractivity contribution >= 4 is 72.4 Å². The second-order valence-corrected chi connectivity index (χ2v) is 14.4. The van der Waals surface area contributed by atoms with Crippen molar-refractivity contribution in [1.82, 2.24) is 0 Å². The molecule has 0 heterocycles. The Balaban J connectivity index is 1.16. The van der Waals surface area contributed by atoms with Gasteiger partial charge in [0, 0.05) is 33.6 Å². The van der Waals surface area contributed by atoms with Crippen molar-refractivity contribution < 1.29 is 49.9 Å². The number of carbonyl (C=O) groups is 5. The summed E-state index contributed by atoms with van der Waals surface area (Å²) in [5, 5.41) is 10.1. The molecule has 0 unspecified atom stereocenters. The van der Waals surface area contributed by atoms with Gasteiger partial charge in [0.15, 0.2) is 11.6 Å². The Hall–Kier alpha value is -6.27. The lowest BCUT2D eigenvalue weighted by molar-refractivity contribution is 0.101. The van der Waals surface area contributed by atoms with Gasteiger partial charge in [0.05, 0.1) is 21.2 Å². The molecule has 2 aliphatic rings. The van der Waals surface area contributed by atoms with Crippen LogP contribution in [-0.2, 0) is 33.1 Å². The summed E-state index contributed by atoms with van der Waals surface area (Å²) in [6, 6.07) is 14.8. The van der Waals surface area contributed by atoms with Gasteiger partial charge in [-0.2, -0.15) is 16.8 Å². The lowest BCUT2D eigenvalue weighted by atomic mass is 9.94. The molecular formula is C35H26N4O11S2. The number of fused-ring (bicyclic) bond motifs is 2. The van der Waals surface area contributed by atoms with E-state index < -0.39 is 59.4 Å². The van der Waals surface area contributed by atoms with E-state index in [1.807, 2.05) is 0 Å². The number of nitrogens with one attached hydrogen (secondary N) is 4. The maximum absolute atomic E-state index is 13.2. The Morgan fingerprint density at radius 1 is 0.558 bits per heavy atom. The second-order valence-electron chi connectivity index (χ2n) is 11.6. The van der Waals surface area contributed by atoms with Crippen molar-refractivity contribution in [2.24, 2.45) is 0 Å². The standard InChI is InChI=1S/C35H26N4O11S2/c40-29-11-3-5-19-15-25(51(45,46)47)17-27(31(19)29)38-33(42)21-7-1-9-23(13-21)36-35(44)37-24-10-2-8-22(14-24)34(43)39-28-18-26(52(48,49)50)16-20-6-4-12-30(41)32(20)28/h1-4,7-18H,5-6H2,(H,38,42)(H,39,43)(H2,36,37,44)(H,45,46,47)(H,48,49,50). The maximum Gasteiger partial charge on any atom is 0.323 e. The number of amides is 4. The van der Waals surface area contributed by atoms with Crippen molar-refractivity contribution in [3.05, 3.63) is 130 Å². The first-order valence-electron chi connectivity index (χ1n) is 15.2. The second kappa shape index (κ2) is 13.8. The quantitative estimate of drug-likeness (QED) is 0.132. The van der Waals surface area contributed by atoms with Gasteiger partial charge in [-0.3, -0.25) is 28.3 Å². The van der Waals surface area contributed by atoms with Crippen LogP contribution in [0.1, 0.15) is 52.6 Å². The van der Waals surface area contributed by atoms with Gasteiger partial charge < -0.3 is 21.3 Å². The average Bonchev–Trinajstić information content (AvgIpc) is 3.07. The minimum Gasteiger partial charge on any atom is -0.321 e. The zero-order valence-corrected chi connectivity index (χ0v) is 28.2. The van der Waals surface area contributed by atoms with Crippen LogP contribution in [0.2, 0.25) is 0 Å². The highest BCUT2D eigenvalue weighted by molar-refractivity contribution is 7.86. The Bertz CT molecular complexity index is 2350. The molecule has 4 amide bonds. The number of rotatable bonds is 8. The van der Waals surface area contributed by atoms with Gasteiger partial charge in [0.1, 0.15) is 0 Å².